The maximum absolute atomic E-state index is 9.96. The van der Waals surface area contributed by atoms with E-state index in [-0.39, 0.29) is 12.1 Å². The number of aliphatic hydroxyl groups is 1. The third-order valence-electron chi connectivity index (χ3n) is 4.70. The average Bonchev–Trinajstić information content (AvgIpc) is 3.24. The lowest BCUT2D eigenvalue weighted by Gasteiger charge is -2.42. The quantitative estimate of drug-likeness (QED) is 0.728. The van der Waals surface area contributed by atoms with Gasteiger partial charge in [0.15, 0.2) is 0 Å². The Labute approximate surface area is 110 Å². The summed E-state index contributed by atoms with van der Waals surface area (Å²) in [4.78, 5) is 2.49. The number of aliphatic hydroxyl groups excluding tert-OH is 1. The number of rotatable bonds is 6. The zero-order valence-corrected chi connectivity index (χ0v) is 11.4. The molecule has 104 valence electrons. The van der Waals surface area contributed by atoms with Crippen LogP contribution in [-0.4, -0.2) is 60.5 Å². The van der Waals surface area contributed by atoms with Crippen molar-refractivity contribution in [1.82, 2.24) is 10.2 Å². The molecule has 1 heterocycles. The largest absolute Gasteiger partial charge is 0.394 e. The standard InChI is InChI=1S/C14H26N2O2/c1-11-8-18-7-6-16(11)9-14(10-17,12-2-3-12)15-13-4-5-13/h11-13,15,17H,2-10H2,1H3. The first-order valence-electron chi connectivity index (χ1n) is 7.44. The van der Waals surface area contributed by atoms with Crippen molar-refractivity contribution >= 4 is 0 Å². The predicted octanol–water partition coefficient (Wildman–Crippen LogP) is 0.600. The summed E-state index contributed by atoms with van der Waals surface area (Å²) in [6, 6.07) is 1.14. The van der Waals surface area contributed by atoms with E-state index in [1.165, 1.54) is 25.7 Å². The van der Waals surface area contributed by atoms with E-state index in [4.69, 9.17) is 4.74 Å². The summed E-state index contributed by atoms with van der Waals surface area (Å²) in [5, 5.41) is 13.7. The predicted molar refractivity (Wildman–Crippen MR) is 70.6 cm³/mol. The average molecular weight is 254 g/mol. The molecule has 3 aliphatic rings. The van der Waals surface area contributed by atoms with Crippen molar-refractivity contribution in [3.05, 3.63) is 0 Å². The third-order valence-corrected chi connectivity index (χ3v) is 4.70. The number of hydrogen-bond acceptors (Lipinski definition) is 4. The fourth-order valence-corrected chi connectivity index (χ4v) is 3.15. The van der Waals surface area contributed by atoms with Gasteiger partial charge in [0, 0.05) is 25.2 Å². The van der Waals surface area contributed by atoms with Crippen molar-refractivity contribution in [3.63, 3.8) is 0 Å². The Balaban J connectivity index is 1.67. The van der Waals surface area contributed by atoms with Gasteiger partial charge in [0.25, 0.3) is 0 Å². The second kappa shape index (κ2) is 5.08. The molecule has 1 saturated heterocycles. The van der Waals surface area contributed by atoms with E-state index in [2.05, 4.69) is 17.1 Å². The molecule has 1 aliphatic heterocycles. The minimum atomic E-state index is -0.0488. The molecule has 2 unspecified atom stereocenters. The van der Waals surface area contributed by atoms with Crippen molar-refractivity contribution in [2.75, 3.05) is 32.9 Å². The van der Waals surface area contributed by atoms with Crippen LogP contribution in [0.5, 0.6) is 0 Å². The molecule has 4 heteroatoms. The maximum atomic E-state index is 9.96. The summed E-state index contributed by atoms with van der Waals surface area (Å²) in [5.74, 6) is 0.679. The van der Waals surface area contributed by atoms with Crippen molar-refractivity contribution < 1.29 is 9.84 Å². The summed E-state index contributed by atoms with van der Waals surface area (Å²) in [6.07, 6.45) is 5.12. The van der Waals surface area contributed by atoms with E-state index in [0.29, 0.717) is 18.0 Å². The van der Waals surface area contributed by atoms with Crippen LogP contribution in [0.1, 0.15) is 32.6 Å². The van der Waals surface area contributed by atoms with Crippen molar-refractivity contribution in [2.45, 2.75) is 50.2 Å². The molecule has 0 aromatic rings. The molecule has 0 amide bonds. The first kappa shape index (κ1) is 12.9. The lowest BCUT2D eigenvalue weighted by atomic mass is 9.92. The van der Waals surface area contributed by atoms with Crippen LogP contribution >= 0.6 is 0 Å². The topological polar surface area (TPSA) is 44.7 Å². The van der Waals surface area contributed by atoms with Gasteiger partial charge in [0.05, 0.1) is 25.4 Å². The molecule has 3 rings (SSSR count). The molecule has 0 spiro atoms. The molecule has 0 radical (unpaired) electrons. The Bertz CT molecular complexity index is 292. The third kappa shape index (κ3) is 2.72. The molecular formula is C14H26N2O2. The molecule has 0 aromatic carbocycles. The molecule has 2 atom stereocenters. The molecule has 3 fully saturated rings. The minimum absolute atomic E-state index is 0.0488. The Morgan fingerprint density at radius 3 is 2.67 bits per heavy atom. The van der Waals surface area contributed by atoms with Crippen LogP contribution in [0, 0.1) is 5.92 Å². The highest BCUT2D eigenvalue weighted by Gasteiger charge is 2.48. The number of hydrogen-bond donors (Lipinski definition) is 2. The van der Waals surface area contributed by atoms with Crippen LogP contribution in [0.25, 0.3) is 0 Å². The number of morpholine rings is 1. The fourth-order valence-electron chi connectivity index (χ4n) is 3.15. The molecule has 18 heavy (non-hydrogen) atoms. The van der Waals surface area contributed by atoms with E-state index in [9.17, 15) is 5.11 Å². The van der Waals surface area contributed by atoms with Gasteiger partial charge >= 0.3 is 0 Å². The van der Waals surface area contributed by atoms with E-state index >= 15 is 0 Å². The normalized spacial score (nSPS) is 33.3. The second-order valence-electron chi connectivity index (χ2n) is 6.40. The minimum Gasteiger partial charge on any atom is -0.394 e. The molecule has 0 aromatic heterocycles. The van der Waals surface area contributed by atoms with Gasteiger partial charge in [-0.3, -0.25) is 4.90 Å². The molecular weight excluding hydrogens is 228 g/mol. The van der Waals surface area contributed by atoms with Gasteiger partial charge in [-0.15, -0.1) is 0 Å². The van der Waals surface area contributed by atoms with Gasteiger partial charge in [0.1, 0.15) is 0 Å². The van der Waals surface area contributed by atoms with Gasteiger partial charge in [-0.1, -0.05) is 0 Å². The first-order valence-corrected chi connectivity index (χ1v) is 7.44. The van der Waals surface area contributed by atoms with Gasteiger partial charge < -0.3 is 15.2 Å². The smallest absolute Gasteiger partial charge is 0.0628 e. The van der Waals surface area contributed by atoms with E-state index in [0.717, 1.165) is 26.3 Å². The van der Waals surface area contributed by atoms with Crippen LogP contribution in [-0.2, 0) is 4.74 Å². The van der Waals surface area contributed by atoms with E-state index in [1.54, 1.807) is 0 Å². The number of nitrogens with one attached hydrogen (secondary N) is 1. The SMILES string of the molecule is CC1COCCN1CC(CO)(NC1CC1)C1CC1. The molecule has 4 nitrogen and oxygen atoms in total. The van der Waals surface area contributed by atoms with E-state index < -0.39 is 0 Å². The monoisotopic (exact) mass is 254 g/mol. The highest BCUT2D eigenvalue weighted by Crippen LogP contribution is 2.42. The van der Waals surface area contributed by atoms with Crippen LogP contribution in [0.2, 0.25) is 0 Å². The maximum Gasteiger partial charge on any atom is 0.0628 e. The van der Waals surface area contributed by atoms with Crippen LogP contribution < -0.4 is 5.32 Å². The van der Waals surface area contributed by atoms with Gasteiger partial charge in [-0.25, -0.2) is 0 Å². The number of ether oxygens (including phenoxy) is 1. The molecule has 2 N–H and O–H groups in total. The lowest BCUT2D eigenvalue weighted by molar-refractivity contribution is -0.0242. The molecule has 2 saturated carbocycles. The van der Waals surface area contributed by atoms with Crippen LogP contribution in [0.4, 0.5) is 0 Å². The van der Waals surface area contributed by atoms with Crippen molar-refractivity contribution in [2.24, 2.45) is 5.92 Å². The Kier molecular flexibility index (Phi) is 3.63. The van der Waals surface area contributed by atoms with Crippen molar-refractivity contribution in [3.8, 4) is 0 Å². The van der Waals surface area contributed by atoms with Gasteiger partial charge in [0.2, 0.25) is 0 Å². The summed E-state index contributed by atoms with van der Waals surface area (Å²) in [7, 11) is 0. The fraction of sp³-hybridized carbons (Fsp3) is 1.00. The first-order chi connectivity index (χ1) is 8.73. The second-order valence-corrected chi connectivity index (χ2v) is 6.40. The Hall–Kier alpha value is -0.160. The summed E-state index contributed by atoms with van der Waals surface area (Å²) in [6.45, 7) is 6.15. The lowest BCUT2D eigenvalue weighted by Crippen LogP contribution is -2.61. The van der Waals surface area contributed by atoms with Gasteiger partial charge in [-0.05, 0) is 38.5 Å². The number of nitrogens with zero attached hydrogens (tertiary/aromatic N) is 1. The highest BCUT2D eigenvalue weighted by atomic mass is 16.5. The van der Waals surface area contributed by atoms with Crippen LogP contribution in [0.3, 0.4) is 0 Å². The van der Waals surface area contributed by atoms with Gasteiger partial charge in [-0.2, -0.15) is 0 Å². The summed E-state index contributed by atoms with van der Waals surface area (Å²) < 4.78 is 5.51. The summed E-state index contributed by atoms with van der Waals surface area (Å²) in [5.41, 5.74) is -0.0488. The zero-order valence-electron chi connectivity index (χ0n) is 11.4. The highest BCUT2D eigenvalue weighted by molar-refractivity contribution is 5.06. The van der Waals surface area contributed by atoms with Crippen LogP contribution in [0.15, 0.2) is 0 Å². The summed E-state index contributed by atoms with van der Waals surface area (Å²) >= 11 is 0. The van der Waals surface area contributed by atoms with Crippen molar-refractivity contribution in [1.29, 1.82) is 0 Å². The Morgan fingerprint density at radius 2 is 2.11 bits per heavy atom. The Morgan fingerprint density at radius 1 is 1.33 bits per heavy atom. The zero-order chi connectivity index (χ0) is 12.6. The van der Waals surface area contributed by atoms with E-state index in [1.807, 2.05) is 0 Å². The molecule has 2 aliphatic carbocycles. The molecule has 0 bridgehead atoms.